The minimum atomic E-state index is -0.109. The molecule has 1 unspecified atom stereocenters. The number of likely N-dealkylation sites (N-methyl/N-ethyl adjacent to an activating group) is 1. The predicted octanol–water partition coefficient (Wildman–Crippen LogP) is 2.00. The van der Waals surface area contributed by atoms with E-state index in [0.717, 1.165) is 22.7 Å². The van der Waals surface area contributed by atoms with Crippen molar-refractivity contribution in [1.82, 2.24) is 15.2 Å². The zero-order valence-electron chi connectivity index (χ0n) is 16.7. The molecule has 3 rings (SSSR count). The molecule has 2 aromatic rings. The average Bonchev–Trinajstić information content (AvgIpc) is 2.68. The molecule has 1 N–H and O–H groups in total. The zero-order chi connectivity index (χ0) is 20.3. The second kappa shape index (κ2) is 8.29. The predicted molar refractivity (Wildman–Crippen MR) is 108 cm³/mol. The van der Waals surface area contributed by atoms with Crippen molar-refractivity contribution in [2.75, 3.05) is 32.6 Å². The largest absolute Gasteiger partial charge is 0.489 e. The summed E-state index contributed by atoms with van der Waals surface area (Å²) in [5.74, 6) is 0.591. The van der Waals surface area contributed by atoms with Crippen LogP contribution >= 0.6 is 0 Å². The number of aromatic nitrogens is 1. The Balaban J connectivity index is 1.64. The lowest BCUT2D eigenvalue weighted by molar-refractivity contribution is -0.121. The molecular weight excluding hydrogens is 356 g/mol. The van der Waals surface area contributed by atoms with Gasteiger partial charge in [-0.05, 0) is 42.8 Å². The minimum Gasteiger partial charge on any atom is -0.489 e. The first kappa shape index (κ1) is 19.7. The molecule has 1 aliphatic heterocycles. The molecule has 28 heavy (non-hydrogen) atoms. The Kier molecular flexibility index (Phi) is 5.82. The summed E-state index contributed by atoms with van der Waals surface area (Å²) in [6.45, 7) is 2.81. The molecule has 2 amide bonds. The highest BCUT2D eigenvalue weighted by Gasteiger charge is 2.27. The molecule has 7 heteroatoms. The standard InChI is InChI=1S/C21H26N4O3/c1-14-7-8-22-16(9-14)12-23-20(26)11-17-13-28-19-6-5-15(21(27)24(2)3)10-18(19)25(17)4/h5-10,17H,11-13H2,1-4H3,(H,23,26). The second-order valence-electron chi connectivity index (χ2n) is 7.26. The Hall–Kier alpha value is -3.09. The van der Waals surface area contributed by atoms with Crippen LogP contribution in [0.2, 0.25) is 0 Å². The maximum atomic E-state index is 12.4. The third-order valence-corrected chi connectivity index (χ3v) is 4.83. The highest BCUT2D eigenvalue weighted by molar-refractivity contribution is 5.95. The molecular formula is C21H26N4O3. The lowest BCUT2D eigenvalue weighted by Crippen LogP contribution is -2.43. The van der Waals surface area contributed by atoms with Crippen LogP contribution in [0, 0.1) is 6.92 Å². The Labute approximate surface area is 165 Å². The van der Waals surface area contributed by atoms with Crippen LogP contribution in [0.3, 0.4) is 0 Å². The van der Waals surface area contributed by atoms with Crippen molar-refractivity contribution in [1.29, 1.82) is 0 Å². The topological polar surface area (TPSA) is 74.8 Å². The number of amides is 2. The van der Waals surface area contributed by atoms with Crippen LogP contribution in [0.25, 0.3) is 0 Å². The number of benzene rings is 1. The minimum absolute atomic E-state index is 0.0623. The molecule has 0 saturated carbocycles. The van der Waals surface area contributed by atoms with E-state index in [0.29, 0.717) is 25.1 Å². The number of pyridine rings is 1. The first-order chi connectivity index (χ1) is 13.3. The molecule has 7 nitrogen and oxygen atoms in total. The van der Waals surface area contributed by atoms with Crippen LogP contribution in [-0.2, 0) is 11.3 Å². The second-order valence-corrected chi connectivity index (χ2v) is 7.26. The first-order valence-electron chi connectivity index (χ1n) is 9.24. The number of hydrogen-bond donors (Lipinski definition) is 1. The van der Waals surface area contributed by atoms with Crippen LogP contribution < -0.4 is 15.0 Å². The van der Waals surface area contributed by atoms with Gasteiger partial charge >= 0.3 is 0 Å². The zero-order valence-corrected chi connectivity index (χ0v) is 16.7. The smallest absolute Gasteiger partial charge is 0.253 e. The third kappa shape index (κ3) is 4.42. The average molecular weight is 382 g/mol. The van der Waals surface area contributed by atoms with E-state index in [9.17, 15) is 9.59 Å². The van der Waals surface area contributed by atoms with E-state index < -0.39 is 0 Å². The van der Waals surface area contributed by atoms with Crippen LogP contribution in [0.4, 0.5) is 5.69 Å². The Morgan fingerprint density at radius 3 is 2.79 bits per heavy atom. The van der Waals surface area contributed by atoms with Gasteiger partial charge in [0.05, 0.1) is 30.4 Å². The number of anilines is 1. The summed E-state index contributed by atoms with van der Waals surface area (Å²) in [5, 5.41) is 2.92. The number of nitrogens with one attached hydrogen (secondary N) is 1. The van der Waals surface area contributed by atoms with Crippen molar-refractivity contribution in [3.63, 3.8) is 0 Å². The number of ether oxygens (including phenoxy) is 1. The maximum absolute atomic E-state index is 12.4. The highest BCUT2D eigenvalue weighted by Crippen LogP contribution is 2.34. The Morgan fingerprint density at radius 1 is 1.29 bits per heavy atom. The van der Waals surface area contributed by atoms with Gasteiger partial charge in [0.25, 0.3) is 5.91 Å². The van der Waals surface area contributed by atoms with Crippen molar-refractivity contribution in [3.05, 3.63) is 53.3 Å². The van der Waals surface area contributed by atoms with E-state index in [1.807, 2.05) is 43.1 Å². The fraction of sp³-hybridized carbons (Fsp3) is 0.381. The number of fused-ring (bicyclic) bond motifs is 1. The SMILES string of the molecule is Cc1ccnc(CNC(=O)CC2COc3ccc(C(=O)N(C)C)cc3N2C)c1. The van der Waals surface area contributed by atoms with Gasteiger partial charge in [-0.1, -0.05) is 0 Å². The van der Waals surface area contributed by atoms with Crippen LogP contribution in [0.5, 0.6) is 5.75 Å². The lowest BCUT2D eigenvalue weighted by atomic mass is 10.1. The van der Waals surface area contributed by atoms with Crippen LogP contribution in [-0.4, -0.2) is 55.5 Å². The number of aryl methyl sites for hydroxylation is 1. The summed E-state index contributed by atoms with van der Waals surface area (Å²) >= 11 is 0. The Morgan fingerprint density at radius 2 is 2.07 bits per heavy atom. The highest BCUT2D eigenvalue weighted by atomic mass is 16.5. The lowest BCUT2D eigenvalue weighted by Gasteiger charge is -2.35. The summed E-state index contributed by atoms with van der Waals surface area (Å²) in [6, 6.07) is 9.15. The van der Waals surface area contributed by atoms with E-state index in [1.165, 1.54) is 4.90 Å². The Bertz CT molecular complexity index is 882. The fourth-order valence-corrected chi connectivity index (χ4v) is 3.17. The number of carbonyl (C=O) groups is 2. The van der Waals surface area contributed by atoms with Crippen molar-refractivity contribution >= 4 is 17.5 Å². The van der Waals surface area contributed by atoms with Gasteiger partial charge in [-0.3, -0.25) is 14.6 Å². The summed E-state index contributed by atoms with van der Waals surface area (Å²) in [4.78, 5) is 32.5. The summed E-state index contributed by atoms with van der Waals surface area (Å²) in [7, 11) is 5.36. The molecule has 0 fully saturated rings. The van der Waals surface area contributed by atoms with E-state index in [4.69, 9.17) is 4.74 Å². The van der Waals surface area contributed by atoms with Crippen LogP contribution in [0.1, 0.15) is 28.0 Å². The van der Waals surface area contributed by atoms with Gasteiger partial charge < -0.3 is 19.9 Å². The van der Waals surface area contributed by atoms with Crippen LogP contribution in [0.15, 0.2) is 36.5 Å². The molecule has 0 spiro atoms. The van der Waals surface area contributed by atoms with E-state index in [1.54, 1.807) is 26.4 Å². The fourth-order valence-electron chi connectivity index (χ4n) is 3.17. The normalized spacial score (nSPS) is 15.4. The molecule has 1 aromatic heterocycles. The number of nitrogens with zero attached hydrogens (tertiary/aromatic N) is 3. The van der Waals surface area contributed by atoms with Crippen molar-refractivity contribution < 1.29 is 14.3 Å². The molecule has 0 bridgehead atoms. The van der Waals surface area contributed by atoms with Gasteiger partial charge in [0.1, 0.15) is 12.4 Å². The van der Waals surface area contributed by atoms with Crippen molar-refractivity contribution in [3.8, 4) is 5.75 Å². The number of hydrogen-bond acceptors (Lipinski definition) is 5. The van der Waals surface area contributed by atoms with Crippen molar-refractivity contribution in [2.45, 2.75) is 25.9 Å². The quantitative estimate of drug-likeness (QED) is 0.856. The van der Waals surface area contributed by atoms with Gasteiger partial charge in [0.15, 0.2) is 0 Å². The van der Waals surface area contributed by atoms with Gasteiger partial charge in [0.2, 0.25) is 5.91 Å². The van der Waals surface area contributed by atoms with E-state index >= 15 is 0 Å². The summed E-state index contributed by atoms with van der Waals surface area (Å²) < 4.78 is 5.82. The van der Waals surface area contributed by atoms with Crippen molar-refractivity contribution in [2.24, 2.45) is 0 Å². The molecule has 0 radical (unpaired) electrons. The molecule has 0 aliphatic carbocycles. The number of rotatable bonds is 5. The molecule has 2 heterocycles. The van der Waals surface area contributed by atoms with Gasteiger partial charge in [-0.15, -0.1) is 0 Å². The monoisotopic (exact) mass is 382 g/mol. The molecule has 148 valence electrons. The first-order valence-corrected chi connectivity index (χ1v) is 9.24. The molecule has 1 aliphatic rings. The van der Waals surface area contributed by atoms with Gasteiger partial charge in [0, 0.05) is 32.9 Å². The molecule has 1 aromatic carbocycles. The van der Waals surface area contributed by atoms with Gasteiger partial charge in [-0.25, -0.2) is 0 Å². The summed E-state index contributed by atoms with van der Waals surface area (Å²) in [5.41, 5.74) is 3.35. The van der Waals surface area contributed by atoms with E-state index in [2.05, 4.69) is 10.3 Å². The van der Waals surface area contributed by atoms with Gasteiger partial charge in [-0.2, -0.15) is 0 Å². The molecule has 1 atom stereocenters. The maximum Gasteiger partial charge on any atom is 0.253 e. The third-order valence-electron chi connectivity index (χ3n) is 4.83. The summed E-state index contributed by atoms with van der Waals surface area (Å²) in [6.07, 6.45) is 2.04. The number of carbonyl (C=O) groups excluding carboxylic acids is 2. The molecule has 0 saturated heterocycles. The van der Waals surface area contributed by atoms with E-state index in [-0.39, 0.29) is 17.9 Å².